The number of hydrogen-bond donors (Lipinski definition) is 2. The van der Waals surface area contributed by atoms with Gasteiger partial charge < -0.3 is 11.1 Å². The van der Waals surface area contributed by atoms with Gasteiger partial charge >= 0.3 is 0 Å². The third kappa shape index (κ3) is 2.24. The van der Waals surface area contributed by atoms with E-state index in [1.807, 2.05) is 12.1 Å². The van der Waals surface area contributed by atoms with Crippen molar-refractivity contribution in [2.45, 2.75) is 0 Å². The Morgan fingerprint density at radius 2 is 2.40 bits per heavy atom. The number of carbonyl (C=O) groups is 1. The summed E-state index contributed by atoms with van der Waals surface area (Å²) < 4.78 is 2.51. The molecule has 0 spiro atoms. The summed E-state index contributed by atoms with van der Waals surface area (Å²) in [5.41, 5.74) is 5.69. The molecule has 6 nitrogen and oxygen atoms in total. The van der Waals surface area contributed by atoms with E-state index in [2.05, 4.69) is 31.3 Å². The molecule has 3 N–H and O–H groups in total. The number of carbonyl (C=O) groups excluding carboxylic acids is 1. The average Bonchev–Trinajstić information content (AvgIpc) is 2.56. The molecule has 0 aliphatic carbocycles. The second-order valence-electron chi connectivity index (χ2n) is 2.91. The molecule has 15 heavy (non-hydrogen) atoms. The van der Waals surface area contributed by atoms with Gasteiger partial charge in [0.15, 0.2) is 5.65 Å². The molecule has 0 atom stereocenters. The number of nitrogens with zero attached hydrogens (tertiary/aromatic N) is 3. The number of primary amides is 1. The van der Waals surface area contributed by atoms with Crippen LogP contribution in [0.3, 0.4) is 0 Å². The van der Waals surface area contributed by atoms with Crippen LogP contribution in [0.5, 0.6) is 0 Å². The number of anilines is 1. The Kier molecular flexibility index (Phi) is 2.55. The van der Waals surface area contributed by atoms with Crippen LogP contribution in [0.15, 0.2) is 22.8 Å². The van der Waals surface area contributed by atoms with Gasteiger partial charge in [0.25, 0.3) is 0 Å². The minimum Gasteiger partial charge on any atom is -0.368 e. The van der Waals surface area contributed by atoms with E-state index in [1.54, 1.807) is 10.7 Å². The highest BCUT2D eigenvalue weighted by atomic mass is 79.9. The molecule has 2 aromatic rings. The lowest BCUT2D eigenvalue weighted by Gasteiger charge is -1.94. The zero-order valence-corrected chi connectivity index (χ0v) is 9.23. The number of amides is 1. The summed E-state index contributed by atoms with van der Waals surface area (Å²) in [5, 5.41) is 6.82. The Morgan fingerprint density at radius 1 is 1.60 bits per heavy atom. The van der Waals surface area contributed by atoms with E-state index in [0.717, 1.165) is 4.47 Å². The topological polar surface area (TPSA) is 85.3 Å². The first-order valence-corrected chi connectivity index (χ1v) is 4.98. The predicted octanol–water partition coefficient (Wildman–Crippen LogP) is 0.389. The molecule has 0 saturated heterocycles. The predicted molar refractivity (Wildman–Crippen MR) is 58.4 cm³/mol. The smallest absolute Gasteiger partial charge is 0.243 e. The molecule has 2 aromatic heterocycles. The second-order valence-corrected chi connectivity index (χ2v) is 3.82. The Labute approximate surface area is 93.6 Å². The Bertz CT molecular complexity index is 509. The summed E-state index contributed by atoms with van der Waals surface area (Å²) in [6.45, 7) is 0.0258. The van der Waals surface area contributed by atoms with Gasteiger partial charge in [-0.3, -0.25) is 4.79 Å². The van der Waals surface area contributed by atoms with E-state index in [4.69, 9.17) is 5.73 Å². The minimum atomic E-state index is -0.449. The largest absolute Gasteiger partial charge is 0.368 e. The summed E-state index contributed by atoms with van der Waals surface area (Å²) in [4.78, 5) is 14.7. The fraction of sp³-hybridized carbons (Fsp3) is 0.125. The summed E-state index contributed by atoms with van der Waals surface area (Å²) in [5.74, 6) is -0.0677. The number of rotatable bonds is 3. The minimum absolute atomic E-state index is 0.0258. The molecule has 0 aliphatic heterocycles. The van der Waals surface area contributed by atoms with Gasteiger partial charge in [-0.05, 0) is 28.1 Å². The first-order valence-electron chi connectivity index (χ1n) is 4.19. The summed E-state index contributed by atoms with van der Waals surface area (Å²) in [6.07, 6.45) is 1.78. The standard InChI is InChI=1S/C8H8BrN5O/c9-5-1-2-7-12-8(11-3-6(10)15)13-14(7)4-5/h1-2,4H,3H2,(H2,10,15)(H,11,13). The Morgan fingerprint density at radius 3 is 3.13 bits per heavy atom. The van der Waals surface area contributed by atoms with Gasteiger partial charge in [0.05, 0.1) is 6.54 Å². The lowest BCUT2D eigenvalue weighted by Crippen LogP contribution is -2.22. The highest BCUT2D eigenvalue weighted by molar-refractivity contribution is 9.10. The number of hydrogen-bond acceptors (Lipinski definition) is 4. The van der Waals surface area contributed by atoms with Crippen LogP contribution < -0.4 is 11.1 Å². The van der Waals surface area contributed by atoms with Gasteiger partial charge in [-0.15, -0.1) is 5.10 Å². The van der Waals surface area contributed by atoms with Crippen molar-refractivity contribution in [1.29, 1.82) is 0 Å². The van der Waals surface area contributed by atoms with E-state index < -0.39 is 5.91 Å². The van der Waals surface area contributed by atoms with Gasteiger partial charge in [-0.1, -0.05) is 0 Å². The van der Waals surface area contributed by atoms with E-state index in [0.29, 0.717) is 11.6 Å². The van der Waals surface area contributed by atoms with Crippen LogP contribution in [-0.4, -0.2) is 27.0 Å². The number of pyridine rings is 1. The van der Waals surface area contributed by atoms with Crippen LogP contribution in [0, 0.1) is 0 Å². The number of nitrogens with two attached hydrogens (primary N) is 1. The fourth-order valence-electron chi connectivity index (χ4n) is 1.10. The van der Waals surface area contributed by atoms with Crippen molar-refractivity contribution in [3.8, 4) is 0 Å². The van der Waals surface area contributed by atoms with Gasteiger partial charge in [-0.25, -0.2) is 4.52 Å². The molecule has 0 saturated carbocycles. The number of aromatic nitrogens is 3. The van der Waals surface area contributed by atoms with Crippen LogP contribution in [-0.2, 0) is 4.79 Å². The quantitative estimate of drug-likeness (QED) is 0.844. The maximum atomic E-state index is 10.5. The van der Waals surface area contributed by atoms with Crippen molar-refractivity contribution in [3.05, 3.63) is 22.8 Å². The summed E-state index contributed by atoms with van der Waals surface area (Å²) >= 11 is 3.32. The first-order chi connectivity index (χ1) is 7.15. The van der Waals surface area contributed by atoms with Crippen molar-refractivity contribution in [3.63, 3.8) is 0 Å². The lowest BCUT2D eigenvalue weighted by atomic mass is 10.5. The molecule has 0 fully saturated rings. The van der Waals surface area contributed by atoms with Crippen molar-refractivity contribution in [2.75, 3.05) is 11.9 Å². The Balaban J connectivity index is 2.27. The van der Waals surface area contributed by atoms with E-state index >= 15 is 0 Å². The zero-order chi connectivity index (χ0) is 10.8. The molecule has 0 aromatic carbocycles. The average molecular weight is 270 g/mol. The molecule has 1 amide bonds. The number of halogens is 1. The fourth-order valence-corrected chi connectivity index (χ4v) is 1.43. The van der Waals surface area contributed by atoms with E-state index in [-0.39, 0.29) is 6.54 Å². The van der Waals surface area contributed by atoms with Crippen LogP contribution in [0.2, 0.25) is 0 Å². The molecular weight excluding hydrogens is 262 g/mol. The first kappa shape index (κ1) is 9.91. The van der Waals surface area contributed by atoms with Gasteiger partial charge in [0.1, 0.15) is 0 Å². The molecule has 2 heterocycles. The van der Waals surface area contributed by atoms with Gasteiger partial charge in [0.2, 0.25) is 11.9 Å². The van der Waals surface area contributed by atoms with Crippen molar-refractivity contribution < 1.29 is 4.79 Å². The number of fused-ring (bicyclic) bond motifs is 1. The summed E-state index contributed by atoms with van der Waals surface area (Å²) in [7, 11) is 0. The maximum absolute atomic E-state index is 10.5. The highest BCUT2D eigenvalue weighted by Gasteiger charge is 2.03. The molecule has 0 aliphatic rings. The third-order valence-corrected chi connectivity index (χ3v) is 2.18. The summed E-state index contributed by atoms with van der Waals surface area (Å²) in [6, 6.07) is 3.68. The zero-order valence-electron chi connectivity index (χ0n) is 7.64. The molecule has 0 bridgehead atoms. The molecule has 0 radical (unpaired) electrons. The lowest BCUT2D eigenvalue weighted by molar-refractivity contribution is -0.116. The Hall–Kier alpha value is -1.63. The van der Waals surface area contributed by atoms with Crippen molar-refractivity contribution in [1.82, 2.24) is 14.6 Å². The second kappa shape index (κ2) is 3.85. The maximum Gasteiger partial charge on any atom is 0.243 e. The normalized spacial score (nSPS) is 10.5. The van der Waals surface area contributed by atoms with Crippen LogP contribution >= 0.6 is 15.9 Å². The van der Waals surface area contributed by atoms with Gasteiger partial charge in [-0.2, -0.15) is 4.98 Å². The molecule has 78 valence electrons. The highest BCUT2D eigenvalue weighted by Crippen LogP contribution is 2.11. The molecular formula is C8H8BrN5O. The monoisotopic (exact) mass is 269 g/mol. The van der Waals surface area contributed by atoms with E-state index in [9.17, 15) is 4.79 Å². The van der Waals surface area contributed by atoms with E-state index in [1.165, 1.54) is 0 Å². The molecule has 2 rings (SSSR count). The molecule has 7 heteroatoms. The van der Waals surface area contributed by atoms with Crippen LogP contribution in [0.1, 0.15) is 0 Å². The molecule has 0 unspecified atom stereocenters. The van der Waals surface area contributed by atoms with Crippen molar-refractivity contribution in [2.24, 2.45) is 5.73 Å². The van der Waals surface area contributed by atoms with Crippen molar-refractivity contribution >= 4 is 33.4 Å². The SMILES string of the molecule is NC(=O)CNc1nc2ccc(Br)cn2n1. The third-order valence-electron chi connectivity index (χ3n) is 1.72. The van der Waals surface area contributed by atoms with Gasteiger partial charge in [0, 0.05) is 10.7 Å². The van der Waals surface area contributed by atoms with Crippen LogP contribution in [0.4, 0.5) is 5.95 Å². The van der Waals surface area contributed by atoms with Crippen LogP contribution in [0.25, 0.3) is 5.65 Å². The number of nitrogens with one attached hydrogen (secondary N) is 1.